The minimum atomic E-state index is -0.179. The molecule has 1 atom stereocenters. The van der Waals surface area contributed by atoms with Crippen molar-refractivity contribution in [3.63, 3.8) is 0 Å². The Balaban J connectivity index is 1.99. The summed E-state index contributed by atoms with van der Waals surface area (Å²) in [6, 6.07) is 24.1. The van der Waals surface area contributed by atoms with E-state index in [1.54, 1.807) is 0 Å². The van der Waals surface area contributed by atoms with Gasteiger partial charge < -0.3 is 5.32 Å². The second-order valence-electron chi connectivity index (χ2n) is 6.15. The molecule has 0 saturated heterocycles. The summed E-state index contributed by atoms with van der Waals surface area (Å²) in [5.41, 5.74) is 1.93. The van der Waals surface area contributed by atoms with Crippen molar-refractivity contribution in [2.24, 2.45) is 5.92 Å². The van der Waals surface area contributed by atoms with E-state index in [0.29, 0.717) is 0 Å². The predicted octanol–water partition coefficient (Wildman–Crippen LogP) is 5.22. The lowest BCUT2D eigenvalue weighted by Gasteiger charge is -2.22. The normalized spacial score (nSPS) is 12.3. The summed E-state index contributed by atoms with van der Waals surface area (Å²) in [5.74, 6) is 0.0772. The lowest BCUT2D eigenvalue weighted by Crippen LogP contribution is -2.25. The third-order valence-electron chi connectivity index (χ3n) is 4.15. The van der Waals surface area contributed by atoms with Gasteiger partial charge in [0.1, 0.15) is 0 Å². The number of nitrogens with one attached hydrogen (secondary N) is 1. The zero-order chi connectivity index (χ0) is 16.2. The number of fused-ring (bicyclic) bond motifs is 1. The number of hydrogen-bond acceptors (Lipinski definition) is 1. The molecule has 3 aromatic carbocycles. The van der Waals surface area contributed by atoms with Crippen LogP contribution in [0.5, 0.6) is 0 Å². The van der Waals surface area contributed by atoms with Gasteiger partial charge in [-0.05, 0) is 34.4 Å². The van der Waals surface area contributed by atoms with Crippen LogP contribution in [0.1, 0.15) is 25.3 Å². The van der Waals surface area contributed by atoms with Crippen molar-refractivity contribution in [3.05, 3.63) is 78.4 Å². The largest absolute Gasteiger partial charge is 0.326 e. The molecule has 0 saturated carbocycles. The van der Waals surface area contributed by atoms with Gasteiger partial charge >= 0.3 is 0 Å². The summed E-state index contributed by atoms with van der Waals surface area (Å²) in [5, 5.41) is 5.37. The van der Waals surface area contributed by atoms with Crippen LogP contribution in [-0.2, 0) is 4.79 Å². The summed E-state index contributed by atoms with van der Waals surface area (Å²) in [7, 11) is 0. The highest BCUT2D eigenvalue weighted by molar-refractivity contribution is 5.99. The summed E-state index contributed by atoms with van der Waals surface area (Å²) in [6.07, 6.45) is 0. The van der Waals surface area contributed by atoms with E-state index in [9.17, 15) is 4.79 Å². The average Bonchev–Trinajstić information content (AvgIpc) is 2.56. The molecule has 2 nitrogen and oxygen atoms in total. The minimum absolute atomic E-state index is 0.0440. The van der Waals surface area contributed by atoms with Gasteiger partial charge in [0.15, 0.2) is 0 Å². The summed E-state index contributed by atoms with van der Waals surface area (Å²) >= 11 is 0. The third kappa shape index (κ3) is 3.26. The maximum Gasteiger partial charge on any atom is 0.232 e. The van der Waals surface area contributed by atoms with E-state index in [4.69, 9.17) is 0 Å². The maximum atomic E-state index is 12.9. The van der Waals surface area contributed by atoms with Crippen LogP contribution in [0.25, 0.3) is 10.8 Å². The summed E-state index contributed by atoms with van der Waals surface area (Å²) < 4.78 is 0. The zero-order valence-corrected chi connectivity index (χ0v) is 13.5. The number of amides is 1. The zero-order valence-electron chi connectivity index (χ0n) is 13.5. The Kier molecular flexibility index (Phi) is 4.42. The Labute approximate surface area is 137 Å². The smallest absolute Gasteiger partial charge is 0.232 e. The standard InChI is InChI=1S/C21H21NO/c1-15(2)20(21(23)22-17-11-4-3-5-12-17)19-14-8-10-16-9-6-7-13-18(16)19/h3-15,20H,1-2H3,(H,22,23). The van der Waals surface area contributed by atoms with E-state index in [0.717, 1.165) is 16.6 Å². The fourth-order valence-corrected chi connectivity index (χ4v) is 3.07. The second-order valence-corrected chi connectivity index (χ2v) is 6.15. The number of para-hydroxylation sites is 1. The van der Waals surface area contributed by atoms with Gasteiger partial charge in [0, 0.05) is 5.69 Å². The second kappa shape index (κ2) is 6.66. The van der Waals surface area contributed by atoms with E-state index >= 15 is 0 Å². The Hall–Kier alpha value is -2.61. The van der Waals surface area contributed by atoms with Crippen molar-refractivity contribution >= 4 is 22.4 Å². The van der Waals surface area contributed by atoms with Crippen molar-refractivity contribution in [2.75, 3.05) is 5.32 Å². The van der Waals surface area contributed by atoms with Gasteiger partial charge in [-0.1, -0.05) is 74.5 Å². The van der Waals surface area contributed by atoms with Crippen molar-refractivity contribution < 1.29 is 4.79 Å². The molecule has 0 aromatic heterocycles. The Morgan fingerprint density at radius 3 is 2.22 bits per heavy atom. The van der Waals surface area contributed by atoms with E-state index in [1.165, 1.54) is 5.39 Å². The molecule has 1 unspecified atom stereocenters. The summed E-state index contributed by atoms with van der Waals surface area (Å²) in [6.45, 7) is 4.19. The molecule has 0 aliphatic rings. The van der Waals surface area contributed by atoms with Crippen molar-refractivity contribution in [1.29, 1.82) is 0 Å². The van der Waals surface area contributed by atoms with Gasteiger partial charge in [0.2, 0.25) is 5.91 Å². The van der Waals surface area contributed by atoms with Gasteiger partial charge in [-0.3, -0.25) is 4.79 Å². The van der Waals surface area contributed by atoms with Gasteiger partial charge in [-0.2, -0.15) is 0 Å². The Morgan fingerprint density at radius 1 is 0.826 bits per heavy atom. The predicted molar refractivity (Wildman–Crippen MR) is 96.6 cm³/mol. The Morgan fingerprint density at radius 2 is 1.48 bits per heavy atom. The molecular weight excluding hydrogens is 282 g/mol. The summed E-state index contributed by atoms with van der Waals surface area (Å²) in [4.78, 5) is 12.9. The molecule has 0 aliphatic carbocycles. The third-order valence-corrected chi connectivity index (χ3v) is 4.15. The molecule has 23 heavy (non-hydrogen) atoms. The van der Waals surface area contributed by atoms with Gasteiger partial charge in [0.05, 0.1) is 5.92 Å². The van der Waals surface area contributed by atoms with Crippen LogP contribution in [0.2, 0.25) is 0 Å². The lowest BCUT2D eigenvalue weighted by molar-refractivity contribution is -0.118. The van der Waals surface area contributed by atoms with E-state index in [2.05, 4.69) is 43.4 Å². The molecule has 3 rings (SSSR count). The van der Waals surface area contributed by atoms with E-state index < -0.39 is 0 Å². The molecule has 1 N–H and O–H groups in total. The number of hydrogen-bond donors (Lipinski definition) is 1. The highest BCUT2D eigenvalue weighted by atomic mass is 16.1. The first kappa shape index (κ1) is 15.3. The van der Waals surface area contributed by atoms with Crippen LogP contribution >= 0.6 is 0 Å². The van der Waals surface area contributed by atoms with Crippen LogP contribution in [0, 0.1) is 5.92 Å². The van der Waals surface area contributed by atoms with Gasteiger partial charge in [-0.25, -0.2) is 0 Å². The van der Waals surface area contributed by atoms with E-state index in [1.807, 2.05) is 48.5 Å². The number of anilines is 1. The van der Waals surface area contributed by atoms with Crippen LogP contribution in [0.3, 0.4) is 0 Å². The SMILES string of the molecule is CC(C)C(C(=O)Nc1ccccc1)c1cccc2ccccc12. The van der Waals surface area contributed by atoms with Crippen LogP contribution < -0.4 is 5.32 Å². The minimum Gasteiger partial charge on any atom is -0.326 e. The van der Waals surface area contributed by atoms with Crippen LogP contribution in [-0.4, -0.2) is 5.91 Å². The van der Waals surface area contributed by atoms with Crippen molar-refractivity contribution in [2.45, 2.75) is 19.8 Å². The number of carbonyl (C=O) groups excluding carboxylic acids is 1. The molecule has 2 heteroatoms. The highest BCUT2D eigenvalue weighted by Gasteiger charge is 2.25. The molecule has 116 valence electrons. The number of benzene rings is 3. The molecule has 0 fully saturated rings. The van der Waals surface area contributed by atoms with Crippen LogP contribution in [0.4, 0.5) is 5.69 Å². The molecular formula is C21H21NO. The molecule has 0 bridgehead atoms. The number of carbonyl (C=O) groups is 1. The molecule has 0 spiro atoms. The first-order valence-electron chi connectivity index (χ1n) is 8.00. The monoisotopic (exact) mass is 303 g/mol. The first-order chi connectivity index (χ1) is 11.2. The maximum absolute atomic E-state index is 12.9. The van der Waals surface area contributed by atoms with Crippen LogP contribution in [0.15, 0.2) is 72.8 Å². The fraction of sp³-hybridized carbons (Fsp3) is 0.190. The highest BCUT2D eigenvalue weighted by Crippen LogP contribution is 2.31. The topological polar surface area (TPSA) is 29.1 Å². The van der Waals surface area contributed by atoms with Gasteiger partial charge in [-0.15, -0.1) is 0 Å². The fourth-order valence-electron chi connectivity index (χ4n) is 3.07. The molecule has 1 amide bonds. The molecule has 0 heterocycles. The van der Waals surface area contributed by atoms with Crippen molar-refractivity contribution in [3.8, 4) is 0 Å². The molecule has 0 radical (unpaired) electrons. The number of rotatable bonds is 4. The van der Waals surface area contributed by atoms with Crippen molar-refractivity contribution in [1.82, 2.24) is 0 Å². The van der Waals surface area contributed by atoms with E-state index in [-0.39, 0.29) is 17.7 Å². The Bertz CT molecular complexity index is 803. The first-order valence-corrected chi connectivity index (χ1v) is 8.00. The quantitative estimate of drug-likeness (QED) is 0.703. The molecule has 3 aromatic rings. The average molecular weight is 303 g/mol. The molecule has 0 aliphatic heterocycles. The van der Waals surface area contributed by atoms with Gasteiger partial charge in [0.25, 0.3) is 0 Å². The lowest BCUT2D eigenvalue weighted by atomic mass is 9.84.